The highest BCUT2D eigenvalue weighted by atomic mass is 32.2. The van der Waals surface area contributed by atoms with Crippen molar-refractivity contribution in [1.29, 1.82) is 0 Å². The quantitative estimate of drug-likeness (QED) is 0.255. The zero-order valence-corrected chi connectivity index (χ0v) is 19.8. The van der Waals surface area contributed by atoms with E-state index in [9.17, 15) is 19.2 Å². The molecule has 0 fully saturated rings. The number of carbonyl (C=O) groups excluding carboxylic acids is 1. The van der Waals surface area contributed by atoms with E-state index < -0.39 is 17.0 Å². The van der Waals surface area contributed by atoms with Crippen molar-refractivity contribution in [2.45, 2.75) is 18.6 Å². The minimum atomic E-state index is -0.755. The van der Waals surface area contributed by atoms with Crippen LogP contribution in [0, 0.1) is 6.92 Å². The molecule has 0 spiro atoms. The number of aryl methyl sites for hydroxylation is 1. The van der Waals surface area contributed by atoms with Crippen LogP contribution in [0.15, 0.2) is 68.1 Å². The minimum Gasteiger partial charge on any atom is -0.384 e. The maximum atomic E-state index is 13.3. The first-order valence-corrected chi connectivity index (χ1v) is 11.4. The van der Waals surface area contributed by atoms with E-state index in [-0.39, 0.29) is 29.2 Å². The molecule has 0 unspecified atom stereocenters. The normalized spacial score (nSPS) is 11.1. The number of nitrogens with two attached hydrogens (primary N) is 1. The molecule has 0 amide bonds. The first-order valence-electron chi connectivity index (χ1n) is 10.5. The molecule has 0 bridgehead atoms. The molecule has 9 nitrogen and oxygen atoms in total. The third kappa shape index (κ3) is 4.19. The lowest BCUT2D eigenvalue weighted by molar-refractivity contribution is 0.102. The highest BCUT2D eigenvalue weighted by Crippen LogP contribution is 2.21. The van der Waals surface area contributed by atoms with E-state index in [1.807, 2.05) is 31.2 Å². The van der Waals surface area contributed by atoms with Gasteiger partial charge in [-0.3, -0.25) is 28.1 Å². The monoisotopic (exact) mass is 477 g/mol. The molecular formula is C24H23N5O4S. The smallest absolute Gasteiger partial charge is 0.332 e. The molecule has 0 aliphatic carbocycles. The molecule has 0 aliphatic rings. The summed E-state index contributed by atoms with van der Waals surface area (Å²) in [6.45, 7) is 2.26. The van der Waals surface area contributed by atoms with Crippen molar-refractivity contribution < 1.29 is 4.79 Å². The Morgan fingerprint density at radius 2 is 1.65 bits per heavy atom. The Bertz CT molecular complexity index is 1600. The summed E-state index contributed by atoms with van der Waals surface area (Å²) in [7, 11) is 2.68. The fourth-order valence-electron chi connectivity index (χ4n) is 3.60. The summed E-state index contributed by atoms with van der Waals surface area (Å²) in [5.74, 6) is -0.929. The molecule has 2 aromatic heterocycles. The van der Waals surface area contributed by atoms with Gasteiger partial charge in [0.2, 0.25) is 0 Å². The molecular weight excluding hydrogens is 454 g/mol. The Morgan fingerprint density at radius 1 is 0.971 bits per heavy atom. The molecule has 174 valence electrons. The number of benzene rings is 2. The van der Waals surface area contributed by atoms with Crippen molar-refractivity contribution in [3.05, 3.63) is 96.4 Å². The topological polar surface area (TPSA) is 122 Å². The van der Waals surface area contributed by atoms with Crippen LogP contribution in [0.1, 0.15) is 21.5 Å². The molecule has 0 saturated heterocycles. The second kappa shape index (κ2) is 9.14. The number of thioether (sulfide) groups is 1. The van der Waals surface area contributed by atoms with Crippen LogP contribution in [-0.2, 0) is 20.6 Å². The molecule has 4 aromatic rings. The van der Waals surface area contributed by atoms with Crippen molar-refractivity contribution in [1.82, 2.24) is 18.7 Å². The third-order valence-electron chi connectivity index (χ3n) is 5.61. The van der Waals surface area contributed by atoms with Crippen LogP contribution in [0.2, 0.25) is 0 Å². The number of Topliss-reactive ketones (excluding diaryl/α,β-unsaturated/α-hetero) is 1. The molecule has 0 atom stereocenters. The summed E-state index contributed by atoms with van der Waals surface area (Å²) >= 11 is 1.05. The van der Waals surface area contributed by atoms with Gasteiger partial charge >= 0.3 is 5.69 Å². The minimum absolute atomic E-state index is 0.184. The van der Waals surface area contributed by atoms with Crippen molar-refractivity contribution in [2.24, 2.45) is 14.1 Å². The van der Waals surface area contributed by atoms with Gasteiger partial charge in [0.25, 0.3) is 11.1 Å². The molecule has 4 rings (SSSR count). The number of hydrogen-bond donors (Lipinski definition) is 1. The zero-order valence-electron chi connectivity index (χ0n) is 18.9. The fourth-order valence-corrected chi connectivity index (χ4v) is 4.47. The number of nitrogen functional groups attached to an aromatic ring is 1. The fraction of sp³-hybridized carbons (Fsp3) is 0.208. The van der Waals surface area contributed by atoms with Crippen LogP contribution in [0.3, 0.4) is 0 Å². The van der Waals surface area contributed by atoms with Crippen molar-refractivity contribution >= 4 is 34.3 Å². The number of ketones is 1. The van der Waals surface area contributed by atoms with Gasteiger partial charge in [0.15, 0.2) is 10.9 Å². The Kier molecular flexibility index (Phi) is 6.25. The summed E-state index contributed by atoms with van der Waals surface area (Å²) in [6.07, 6.45) is 0. The van der Waals surface area contributed by atoms with Gasteiger partial charge < -0.3 is 5.73 Å². The van der Waals surface area contributed by atoms with E-state index in [0.29, 0.717) is 16.1 Å². The number of hydrogen-bond acceptors (Lipinski definition) is 7. The summed E-state index contributed by atoms with van der Waals surface area (Å²) in [4.78, 5) is 55.5. The number of para-hydroxylation sites is 1. The average Bonchev–Trinajstić information content (AvgIpc) is 2.83. The number of rotatable bonds is 6. The van der Waals surface area contributed by atoms with E-state index in [0.717, 1.165) is 32.0 Å². The summed E-state index contributed by atoms with van der Waals surface area (Å²) in [6, 6.07) is 14.8. The highest BCUT2D eigenvalue weighted by Gasteiger charge is 2.21. The van der Waals surface area contributed by atoms with Crippen LogP contribution < -0.4 is 22.5 Å². The first-order chi connectivity index (χ1) is 16.2. The largest absolute Gasteiger partial charge is 0.384 e. The Balaban J connectivity index is 1.74. The zero-order chi connectivity index (χ0) is 24.6. The molecule has 0 radical (unpaired) electrons. The SMILES string of the molecule is Cc1ccc(Cn2c(SCC(=O)c3c(N)n(C)c(=O)n(C)c3=O)nc3ccccc3c2=O)cc1. The molecule has 0 aliphatic heterocycles. The van der Waals surface area contributed by atoms with Crippen LogP contribution in [0.5, 0.6) is 0 Å². The van der Waals surface area contributed by atoms with Gasteiger partial charge in [-0.15, -0.1) is 0 Å². The average molecular weight is 478 g/mol. The summed E-state index contributed by atoms with van der Waals surface area (Å²) < 4.78 is 3.42. The standard InChI is InChI=1S/C24H23N5O4S/c1-14-8-10-15(11-9-14)12-29-21(31)16-6-4-5-7-17(16)26-23(29)34-13-18(30)19-20(25)27(2)24(33)28(3)22(19)32/h4-11H,12-13,25H2,1-3H3. The molecule has 2 aromatic carbocycles. The van der Waals surface area contributed by atoms with Crippen LogP contribution in [0.4, 0.5) is 5.82 Å². The van der Waals surface area contributed by atoms with Gasteiger partial charge in [0.05, 0.1) is 23.2 Å². The lowest BCUT2D eigenvalue weighted by Gasteiger charge is -2.14. The number of nitrogens with zero attached hydrogens (tertiary/aromatic N) is 4. The molecule has 0 saturated carbocycles. The number of carbonyl (C=O) groups is 1. The second-order valence-corrected chi connectivity index (χ2v) is 8.91. The molecule has 2 heterocycles. The highest BCUT2D eigenvalue weighted by molar-refractivity contribution is 7.99. The summed E-state index contributed by atoms with van der Waals surface area (Å²) in [5, 5.41) is 0.819. The van der Waals surface area contributed by atoms with E-state index in [4.69, 9.17) is 5.73 Å². The lowest BCUT2D eigenvalue weighted by atomic mass is 10.1. The van der Waals surface area contributed by atoms with Gasteiger partial charge in [-0.1, -0.05) is 53.7 Å². The Hall–Kier alpha value is -3.92. The van der Waals surface area contributed by atoms with Crippen molar-refractivity contribution in [3.8, 4) is 0 Å². The van der Waals surface area contributed by atoms with Gasteiger partial charge in [-0.2, -0.15) is 0 Å². The van der Waals surface area contributed by atoms with Gasteiger partial charge in [-0.05, 0) is 24.6 Å². The maximum absolute atomic E-state index is 13.3. The van der Waals surface area contributed by atoms with Crippen LogP contribution in [-0.4, -0.2) is 30.2 Å². The number of aromatic nitrogens is 4. The second-order valence-electron chi connectivity index (χ2n) is 7.97. The number of fused-ring (bicyclic) bond motifs is 1. The summed E-state index contributed by atoms with van der Waals surface area (Å²) in [5.41, 5.74) is 6.59. The molecule has 34 heavy (non-hydrogen) atoms. The van der Waals surface area contributed by atoms with E-state index in [1.54, 1.807) is 24.3 Å². The predicted molar refractivity (Wildman–Crippen MR) is 133 cm³/mol. The Labute approximate surface area is 198 Å². The first kappa shape index (κ1) is 23.2. The van der Waals surface area contributed by atoms with Crippen LogP contribution >= 0.6 is 11.8 Å². The van der Waals surface area contributed by atoms with Crippen molar-refractivity contribution in [2.75, 3.05) is 11.5 Å². The molecule has 2 N–H and O–H groups in total. The van der Waals surface area contributed by atoms with Gasteiger partial charge in [0.1, 0.15) is 11.4 Å². The van der Waals surface area contributed by atoms with Gasteiger partial charge in [0, 0.05) is 14.1 Å². The van der Waals surface area contributed by atoms with Crippen LogP contribution in [0.25, 0.3) is 10.9 Å². The van der Waals surface area contributed by atoms with Crippen molar-refractivity contribution in [3.63, 3.8) is 0 Å². The lowest BCUT2D eigenvalue weighted by Crippen LogP contribution is -2.41. The van der Waals surface area contributed by atoms with E-state index >= 15 is 0 Å². The third-order valence-corrected chi connectivity index (χ3v) is 6.59. The van der Waals surface area contributed by atoms with E-state index in [2.05, 4.69) is 4.98 Å². The predicted octanol–water partition coefficient (Wildman–Crippen LogP) is 1.71. The van der Waals surface area contributed by atoms with E-state index in [1.165, 1.54) is 18.7 Å². The maximum Gasteiger partial charge on any atom is 0.332 e. The molecule has 10 heteroatoms. The van der Waals surface area contributed by atoms with Gasteiger partial charge in [-0.25, -0.2) is 9.78 Å². The number of anilines is 1. The Morgan fingerprint density at radius 3 is 2.35 bits per heavy atom.